The fourth-order valence-electron chi connectivity index (χ4n) is 3.33. The normalized spacial score (nSPS) is 22.2. The molecule has 1 aliphatic rings. The van der Waals surface area contributed by atoms with Crippen molar-refractivity contribution in [2.24, 2.45) is 5.92 Å². The summed E-state index contributed by atoms with van der Waals surface area (Å²) in [6, 6.07) is 8.29. The molecule has 150 valence electrons. The van der Waals surface area contributed by atoms with Crippen LogP contribution in [0.15, 0.2) is 41.8 Å². The number of sulfone groups is 1. The second kappa shape index (κ2) is 9.30. The quantitative estimate of drug-likeness (QED) is 0.791. The maximum atomic E-state index is 12.8. The first kappa shape index (κ1) is 21.3. The molecule has 0 bridgehead atoms. The number of urea groups is 1. The number of amides is 2. The predicted octanol–water partition coefficient (Wildman–Crippen LogP) is 3.75. The van der Waals surface area contributed by atoms with E-state index in [-0.39, 0.29) is 24.4 Å². The highest BCUT2D eigenvalue weighted by molar-refractivity contribution is 7.93. The highest BCUT2D eigenvalue weighted by Crippen LogP contribution is 2.36. The number of benzene rings is 1. The summed E-state index contributed by atoms with van der Waals surface area (Å²) in [6.07, 6.45) is 0.981. The minimum absolute atomic E-state index is 0.137. The Labute approximate surface area is 159 Å². The lowest BCUT2D eigenvalue weighted by Crippen LogP contribution is -2.48. The maximum Gasteiger partial charge on any atom is 0.318 e. The van der Waals surface area contributed by atoms with Gasteiger partial charge in [-0.15, -0.1) is 0 Å². The third kappa shape index (κ3) is 6.93. The molecule has 1 N–H and O–H groups in total. The number of likely N-dealkylation sites (tertiary alicyclic amines) is 1. The van der Waals surface area contributed by atoms with Gasteiger partial charge in [-0.1, -0.05) is 36.4 Å². The number of carbonyl (C=O) groups is 1. The number of hydrogen-bond donors (Lipinski definition) is 1. The minimum Gasteiger partial charge on any atom is -0.332 e. The van der Waals surface area contributed by atoms with Crippen molar-refractivity contribution in [2.45, 2.75) is 44.7 Å². The fraction of sp³-hybridized carbons (Fsp3) is 0.526. The lowest BCUT2D eigenvalue weighted by atomic mass is 9.85. The van der Waals surface area contributed by atoms with Gasteiger partial charge >= 0.3 is 6.03 Å². The Bertz CT molecular complexity index is 753. The van der Waals surface area contributed by atoms with Crippen molar-refractivity contribution in [3.63, 3.8) is 0 Å². The zero-order chi connectivity index (χ0) is 20.0. The molecule has 1 aromatic rings. The fourth-order valence-corrected chi connectivity index (χ4v) is 3.85. The Morgan fingerprint density at radius 3 is 2.59 bits per heavy atom. The van der Waals surface area contributed by atoms with Crippen LogP contribution in [0.5, 0.6) is 0 Å². The van der Waals surface area contributed by atoms with Crippen LogP contribution in [0.4, 0.5) is 13.6 Å². The highest BCUT2D eigenvalue weighted by Gasteiger charge is 2.33. The van der Waals surface area contributed by atoms with E-state index in [1.54, 1.807) is 11.8 Å². The van der Waals surface area contributed by atoms with Gasteiger partial charge in [-0.05, 0) is 31.2 Å². The van der Waals surface area contributed by atoms with E-state index in [2.05, 4.69) is 5.32 Å². The van der Waals surface area contributed by atoms with Gasteiger partial charge in [0.1, 0.15) is 0 Å². The van der Waals surface area contributed by atoms with Gasteiger partial charge in [-0.25, -0.2) is 22.0 Å². The average Bonchev–Trinajstić information content (AvgIpc) is 2.59. The molecule has 27 heavy (non-hydrogen) atoms. The summed E-state index contributed by atoms with van der Waals surface area (Å²) >= 11 is 0. The lowest BCUT2D eigenvalue weighted by molar-refractivity contribution is 0.0725. The molecular formula is C19H26F2N2O3S. The van der Waals surface area contributed by atoms with Crippen LogP contribution >= 0.6 is 0 Å². The van der Waals surface area contributed by atoms with Gasteiger partial charge in [0.05, 0.1) is 6.04 Å². The van der Waals surface area contributed by atoms with Gasteiger partial charge in [-0.2, -0.15) is 0 Å². The lowest BCUT2D eigenvalue weighted by Gasteiger charge is -2.40. The van der Waals surface area contributed by atoms with Crippen molar-refractivity contribution in [2.75, 3.05) is 12.8 Å². The van der Waals surface area contributed by atoms with Gasteiger partial charge in [0, 0.05) is 30.7 Å². The second-order valence-electron chi connectivity index (χ2n) is 7.03. The number of alkyl halides is 2. The number of piperidine rings is 1. The number of nitrogens with one attached hydrogen (secondary N) is 1. The second-order valence-corrected chi connectivity index (χ2v) is 8.96. The van der Waals surface area contributed by atoms with E-state index in [1.807, 2.05) is 30.3 Å². The Hall–Kier alpha value is -1.96. The molecule has 0 aliphatic carbocycles. The molecule has 2 rings (SSSR count). The topological polar surface area (TPSA) is 66.5 Å². The molecule has 1 unspecified atom stereocenters. The van der Waals surface area contributed by atoms with E-state index in [1.165, 1.54) is 6.08 Å². The summed E-state index contributed by atoms with van der Waals surface area (Å²) in [6.45, 7) is 2.06. The summed E-state index contributed by atoms with van der Waals surface area (Å²) in [4.78, 5) is 14.4. The molecule has 3 atom stereocenters. The summed E-state index contributed by atoms with van der Waals surface area (Å²) in [5.41, 5.74) is 0.908. The average molecular weight is 400 g/mol. The molecule has 1 aliphatic heterocycles. The van der Waals surface area contributed by atoms with Crippen LogP contribution in [0.3, 0.4) is 0 Å². The number of rotatable bonds is 6. The smallest absolute Gasteiger partial charge is 0.318 e. The zero-order valence-electron chi connectivity index (χ0n) is 15.5. The highest BCUT2D eigenvalue weighted by atomic mass is 32.2. The molecule has 0 radical (unpaired) electrons. The van der Waals surface area contributed by atoms with Crippen LogP contribution < -0.4 is 5.32 Å². The molecule has 1 fully saturated rings. The molecule has 0 spiro atoms. The third-order valence-electron chi connectivity index (χ3n) is 4.63. The molecule has 8 heteroatoms. The standard InChI is InChI=1S/C19H26F2N2O3S/c1-14(9-11-27(2,25)26)22-19(24)23-10-8-15(13-18(20)21)12-17(23)16-6-4-3-5-7-16/h3-7,9,11,14-15,17-18H,8,10,12-13H2,1-2H3,(H,22,24)/b11-9+/t14?,15-,17+/m1/s1. The van der Waals surface area contributed by atoms with Crippen molar-refractivity contribution in [3.05, 3.63) is 47.4 Å². The Morgan fingerprint density at radius 1 is 1.33 bits per heavy atom. The molecule has 1 aromatic carbocycles. The SMILES string of the molecule is CC(/C=C/S(C)(=O)=O)NC(=O)N1CC[C@@H](CC(F)F)C[C@H]1c1ccccc1. The molecule has 1 heterocycles. The molecule has 0 saturated carbocycles. The van der Waals surface area contributed by atoms with Crippen molar-refractivity contribution in [1.82, 2.24) is 10.2 Å². The van der Waals surface area contributed by atoms with E-state index in [4.69, 9.17) is 0 Å². The number of carbonyl (C=O) groups excluding carboxylic acids is 1. The van der Waals surface area contributed by atoms with Crippen molar-refractivity contribution < 1.29 is 22.0 Å². The predicted molar refractivity (Wildman–Crippen MR) is 101 cm³/mol. The van der Waals surface area contributed by atoms with Crippen LogP contribution in [0.2, 0.25) is 0 Å². The number of hydrogen-bond acceptors (Lipinski definition) is 3. The molecular weight excluding hydrogens is 374 g/mol. The Morgan fingerprint density at radius 2 is 2.00 bits per heavy atom. The summed E-state index contributed by atoms with van der Waals surface area (Å²) in [5, 5.41) is 3.82. The van der Waals surface area contributed by atoms with Gasteiger partial charge in [0.25, 0.3) is 0 Å². The van der Waals surface area contributed by atoms with Gasteiger partial charge in [-0.3, -0.25) is 0 Å². The van der Waals surface area contributed by atoms with Crippen molar-refractivity contribution in [3.8, 4) is 0 Å². The molecule has 1 saturated heterocycles. The van der Waals surface area contributed by atoms with Crippen LogP contribution in [-0.2, 0) is 9.84 Å². The molecule has 0 aromatic heterocycles. The van der Waals surface area contributed by atoms with Crippen molar-refractivity contribution in [1.29, 1.82) is 0 Å². The number of nitrogens with zero attached hydrogens (tertiary/aromatic N) is 1. The summed E-state index contributed by atoms with van der Waals surface area (Å²) in [5.74, 6) is -0.137. The van der Waals surface area contributed by atoms with E-state index in [0.717, 1.165) is 17.2 Å². The van der Waals surface area contributed by atoms with E-state index < -0.39 is 22.3 Å². The summed E-state index contributed by atoms with van der Waals surface area (Å²) in [7, 11) is -3.27. The first-order valence-electron chi connectivity index (χ1n) is 8.94. The van der Waals surface area contributed by atoms with Gasteiger partial charge < -0.3 is 10.2 Å². The van der Waals surface area contributed by atoms with Gasteiger partial charge in [0.15, 0.2) is 9.84 Å². The van der Waals surface area contributed by atoms with E-state index >= 15 is 0 Å². The van der Waals surface area contributed by atoms with E-state index in [9.17, 15) is 22.0 Å². The van der Waals surface area contributed by atoms with Crippen molar-refractivity contribution >= 4 is 15.9 Å². The van der Waals surface area contributed by atoms with Crippen LogP contribution in [-0.4, -0.2) is 44.6 Å². The molecule has 2 amide bonds. The van der Waals surface area contributed by atoms with Crippen LogP contribution in [0.25, 0.3) is 0 Å². The van der Waals surface area contributed by atoms with E-state index in [0.29, 0.717) is 19.4 Å². The maximum absolute atomic E-state index is 12.8. The Kier molecular flexibility index (Phi) is 7.35. The summed E-state index contributed by atoms with van der Waals surface area (Å²) < 4.78 is 48.0. The monoisotopic (exact) mass is 400 g/mol. The van der Waals surface area contributed by atoms with Crippen LogP contribution in [0.1, 0.15) is 37.8 Å². The third-order valence-corrected chi connectivity index (χ3v) is 5.28. The Balaban J connectivity index is 2.12. The molecule has 5 nitrogen and oxygen atoms in total. The first-order chi connectivity index (χ1) is 12.7. The minimum atomic E-state index is -3.27. The van der Waals surface area contributed by atoms with Crippen LogP contribution in [0, 0.1) is 5.92 Å². The largest absolute Gasteiger partial charge is 0.332 e. The van der Waals surface area contributed by atoms with Gasteiger partial charge in [0.2, 0.25) is 6.43 Å². The number of halogens is 2. The first-order valence-corrected chi connectivity index (χ1v) is 10.9. The zero-order valence-corrected chi connectivity index (χ0v) is 16.3.